The van der Waals surface area contributed by atoms with Gasteiger partial charge in [-0.05, 0) is 32.6 Å². The van der Waals surface area contributed by atoms with Gasteiger partial charge in [-0.25, -0.2) is 9.97 Å². The average Bonchev–Trinajstić information content (AvgIpc) is 3.12. The molecule has 4 heteroatoms. The Hall–Kier alpha value is -1.16. The summed E-state index contributed by atoms with van der Waals surface area (Å²) >= 11 is 0. The van der Waals surface area contributed by atoms with Crippen LogP contribution in [0.5, 0.6) is 0 Å². The largest absolute Gasteiger partial charge is 0.370 e. The first-order valence-corrected chi connectivity index (χ1v) is 7.61. The number of nitrogens with one attached hydrogen (secondary N) is 1. The lowest BCUT2D eigenvalue weighted by Gasteiger charge is -2.15. The molecule has 1 N–H and O–H groups in total. The summed E-state index contributed by atoms with van der Waals surface area (Å²) in [6.07, 6.45) is 7.50. The Bertz CT molecular complexity index is 389. The zero-order valence-corrected chi connectivity index (χ0v) is 11.7. The Morgan fingerprint density at radius 2 is 2.05 bits per heavy atom. The van der Waals surface area contributed by atoms with E-state index in [0.717, 1.165) is 37.6 Å². The van der Waals surface area contributed by atoms with Crippen molar-refractivity contribution in [2.45, 2.75) is 57.5 Å². The number of ether oxygens (including phenoxy) is 1. The summed E-state index contributed by atoms with van der Waals surface area (Å²) in [5.74, 6) is 2.48. The van der Waals surface area contributed by atoms with Crippen molar-refractivity contribution < 1.29 is 4.74 Å². The normalized spacial score (nSPS) is 23.9. The van der Waals surface area contributed by atoms with Crippen molar-refractivity contribution >= 4 is 5.82 Å². The van der Waals surface area contributed by atoms with Crippen LogP contribution >= 0.6 is 0 Å². The van der Waals surface area contributed by atoms with Crippen LogP contribution in [0.3, 0.4) is 0 Å². The van der Waals surface area contributed by atoms with E-state index >= 15 is 0 Å². The Balaban J connectivity index is 1.88. The minimum Gasteiger partial charge on any atom is -0.370 e. The Morgan fingerprint density at radius 3 is 2.74 bits per heavy atom. The van der Waals surface area contributed by atoms with Gasteiger partial charge in [0.05, 0.1) is 0 Å². The summed E-state index contributed by atoms with van der Waals surface area (Å²) in [4.78, 5) is 9.43. The molecular weight excluding hydrogens is 238 g/mol. The summed E-state index contributed by atoms with van der Waals surface area (Å²) in [7, 11) is 0. The number of anilines is 1. The second kappa shape index (κ2) is 5.87. The quantitative estimate of drug-likeness (QED) is 0.902. The molecule has 0 amide bonds. The molecule has 1 aromatic rings. The van der Waals surface area contributed by atoms with Gasteiger partial charge in [0.15, 0.2) is 5.82 Å². The highest BCUT2D eigenvalue weighted by molar-refractivity contribution is 5.37. The number of hydrogen-bond donors (Lipinski definition) is 1. The summed E-state index contributed by atoms with van der Waals surface area (Å²) in [6, 6.07) is 2.14. The fourth-order valence-corrected chi connectivity index (χ4v) is 3.11. The molecule has 1 unspecified atom stereocenters. The summed E-state index contributed by atoms with van der Waals surface area (Å²) < 4.78 is 5.74. The standard InChI is InChI=1S/C15H23N3O/c1-2-16-14-10-12(11-6-3-4-7-11)17-15(18-14)13-8-5-9-19-13/h10-11,13H,2-9H2,1H3,(H,16,17,18). The molecule has 1 saturated heterocycles. The van der Waals surface area contributed by atoms with Gasteiger partial charge in [0.2, 0.25) is 0 Å². The highest BCUT2D eigenvalue weighted by atomic mass is 16.5. The molecule has 0 bridgehead atoms. The third kappa shape index (κ3) is 2.89. The predicted octanol–water partition coefficient (Wildman–Crippen LogP) is 3.42. The number of hydrogen-bond acceptors (Lipinski definition) is 4. The van der Waals surface area contributed by atoms with Crippen LogP contribution in [-0.2, 0) is 4.74 Å². The third-order valence-corrected chi connectivity index (χ3v) is 4.11. The number of nitrogens with zero attached hydrogens (tertiary/aromatic N) is 2. The zero-order valence-electron chi connectivity index (χ0n) is 11.7. The van der Waals surface area contributed by atoms with Gasteiger partial charge in [0.25, 0.3) is 0 Å². The van der Waals surface area contributed by atoms with Crippen molar-refractivity contribution in [3.05, 3.63) is 17.6 Å². The van der Waals surface area contributed by atoms with Gasteiger partial charge in [-0.2, -0.15) is 0 Å². The molecule has 0 aromatic carbocycles. The van der Waals surface area contributed by atoms with E-state index in [2.05, 4.69) is 23.3 Å². The molecule has 2 fully saturated rings. The monoisotopic (exact) mass is 261 g/mol. The van der Waals surface area contributed by atoms with Gasteiger partial charge < -0.3 is 10.1 Å². The van der Waals surface area contributed by atoms with Crippen LogP contribution in [0.4, 0.5) is 5.82 Å². The van der Waals surface area contributed by atoms with Crippen LogP contribution < -0.4 is 5.32 Å². The minimum absolute atomic E-state index is 0.110. The summed E-state index contributed by atoms with van der Waals surface area (Å²) in [5, 5.41) is 3.33. The van der Waals surface area contributed by atoms with E-state index in [1.54, 1.807) is 0 Å². The van der Waals surface area contributed by atoms with Crippen molar-refractivity contribution in [3.63, 3.8) is 0 Å². The topological polar surface area (TPSA) is 47.0 Å². The van der Waals surface area contributed by atoms with Crippen LogP contribution in [0.2, 0.25) is 0 Å². The fraction of sp³-hybridized carbons (Fsp3) is 0.733. The molecular formula is C15H23N3O. The first-order chi connectivity index (χ1) is 9.36. The van der Waals surface area contributed by atoms with Crippen LogP contribution in [-0.4, -0.2) is 23.1 Å². The van der Waals surface area contributed by atoms with E-state index < -0.39 is 0 Å². The van der Waals surface area contributed by atoms with E-state index in [1.807, 2.05) is 0 Å². The molecule has 2 aliphatic rings. The molecule has 1 saturated carbocycles. The Labute approximate surface area is 115 Å². The average molecular weight is 261 g/mol. The van der Waals surface area contributed by atoms with E-state index in [9.17, 15) is 0 Å². The smallest absolute Gasteiger partial charge is 0.159 e. The van der Waals surface area contributed by atoms with Gasteiger partial charge in [-0.15, -0.1) is 0 Å². The second-order valence-corrected chi connectivity index (χ2v) is 5.55. The first kappa shape index (κ1) is 12.9. The fourth-order valence-electron chi connectivity index (χ4n) is 3.11. The number of rotatable bonds is 4. The van der Waals surface area contributed by atoms with Crippen molar-refractivity contribution in [2.24, 2.45) is 0 Å². The van der Waals surface area contributed by atoms with Crippen LogP contribution in [0.15, 0.2) is 6.07 Å². The first-order valence-electron chi connectivity index (χ1n) is 7.61. The van der Waals surface area contributed by atoms with Crippen molar-refractivity contribution in [1.29, 1.82) is 0 Å². The molecule has 0 radical (unpaired) electrons. The van der Waals surface area contributed by atoms with E-state index in [-0.39, 0.29) is 6.10 Å². The lowest BCUT2D eigenvalue weighted by molar-refractivity contribution is 0.105. The molecule has 1 aromatic heterocycles. The highest BCUT2D eigenvalue weighted by Gasteiger charge is 2.24. The van der Waals surface area contributed by atoms with Crippen LogP contribution in [0.25, 0.3) is 0 Å². The maximum absolute atomic E-state index is 5.74. The molecule has 2 heterocycles. The molecule has 1 aliphatic heterocycles. The molecule has 4 nitrogen and oxygen atoms in total. The third-order valence-electron chi connectivity index (χ3n) is 4.11. The molecule has 0 spiro atoms. The lowest BCUT2D eigenvalue weighted by atomic mass is 10.0. The van der Waals surface area contributed by atoms with Gasteiger partial charge in [0.1, 0.15) is 11.9 Å². The summed E-state index contributed by atoms with van der Waals surface area (Å²) in [5.41, 5.74) is 1.22. The van der Waals surface area contributed by atoms with E-state index in [1.165, 1.54) is 31.4 Å². The van der Waals surface area contributed by atoms with E-state index in [4.69, 9.17) is 9.72 Å². The van der Waals surface area contributed by atoms with Gasteiger partial charge in [-0.3, -0.25) is 0 Å². The molecule has 1 aliphatic carbocycles. The molecule has 3 rings (SSSR count). The van der Waals surface area contributed by atoms with E-state index in [0.29, 0.717) is 5.92 Å². The Morgan fingerprint density at radius 1 is 1.21 bits per heavy atom. The van der Waals surface area contributed by atoms with Gasteiger partial charge >= 0.3 is 0 Å². The highest BCUT2D eigenvalue weighted by Crippen LogP contribution is 2.35. The summed E-state index contributed by atoms with van der Waals surface area (Å²) in [6.45, 7) is 3.84. The van der Waals surface area contributed by atoms with Crippen LogP contribution in [0, 0.1) is 0 Å². The van der Waals surface area contributed by atoms with Crippen molar-refractivity contribution in [1.82, 2.24) is 9.97 Å². The van der Waals surface area contributed by atoms with Gasteiger partial charge in [-0.1, -0.05) is 12.8 Å². The molecule has 19 heavy (non-hydrogen) atoms. The maximum Gasteiger partial charge on any atom is 0.159 e. The predicted molar refractivity (Wildman–Crippen MR) is 75.3 cm³/mol. The zero-order chi connectivity index (χ0) is 13.1. The van der Waals surface area contributed by atoms with Crippen molar-refractivity contribution in [3.8, 4) is 0 Å². The van der Waals surface area contributed by atoms with Gasteiger partial charge in [0, 0.05) is 30.8 Å². The van der Waals surface area contributed by atoms with Crippen LogP contribution in [0.1, 0.15) is 69.0 Å². The Kier molecular flexibility index (Phi) is 3.97. The second-order valence-electron chi connectivity index (χ2n) is 5.55. The molecule has 104 valence electrons. The number of aromatic nitrogens is 2. The van der Waals surface area contributed by atoms with Crippen molar-refractivity contribution in [2.75, 3.05) is 18.5 Å². The lowest BCUT2D eigenvalue weighted by Crippen LogP contribution is -2.11. The maximum atomic E-state index is 5.74. The SMILES string of the molecule is CCNc1cc(C2CCCC2)nc(C2CCCO2)n1. The minimum atomic E-state index is 0.110. The molecule has 1 atom stereocenters.